The van der Waals surface area contributed by atoms with Crippen molar-refractivity contribution in [2.24, 2.45) is 5.92 Å². The Morgan fingerprint density at radius 3 is 2.44 bits per heavy atom. The summed E-state index contributed by atoms with van der Waals surface area (Å²) >= 11 is 0. The van der Waals surface area contributed by atoms with E-state index >= 15 is 0 Å². The smallest absolute Gasteiger partial charge is 0.265 e. The zero-order valence-corrected chi connectivity index (χ0v) is 6.04. The Balaban J connectivity index is 3.29. The lowest BCUT2D eigenvalue weighted by atomic mass is 10.1. The quantitative estimate of drug-likeness (QED) is 0.609. The van der Waals surface area contributed by atoms with Gasteiger partial charge in [-0.15, -0.1) is 0 Å². The molecular weight excluding hydrogens is 114 g/mol. The van der Waals surface area contributed by atoms with Gasteiger partial charge < -0.3 is 5.11 Å². The Hall–Kier alpha value is -0.550. The first kappa shape index (κ1) is 8.45. The van der Waals surface area contributed by atoms with E-state index in [0.717, 1.165) is 6.42 Å². The lowest BCUT2D eigenvalue weighted by Crippen LogP contribution is -2.08. The first-order valence-corrected chi connectivity index (χ1v) is 3.21. The molecule has 0 aromatic rings. The van der Waals surface area contributed by atoms with Crippen LogP contribution in [0.25, 0.3) is 4.85 Å². The van der Waals surface area contributed by atoms with Crippen molar-refractivity contribution in [3.05, 3.63) is 4.85 Å². The summed E-state index contributed by atoms with van der Waals surface area (Å²) in [5, 5.41) is 8.87. The third-order valence-electron chi connectivity index (χ3n) is 1.16. The van der Waals surface area contributed by atoms with Gasteiger partial charge in [-0.05, 0) is 13.3 Å². The Morgan fingerprint density at radius 1 is 1.56 bits per heavy atom. The van der Waals surface area contributed by atoms with Crippen LogP contribution in [0.1, 0.15) is 20.3 Å². The van der Waals surface area contributed by atoms with Crippen molar-refractivity contribution in [3.8, 4) is 6.57 Å². The molecule has 0 saturated heterocycles. The highest BCUT2D eigenvalue weighted by Crippen LogP contribution is 2.04. The average molecular weight is 128 g/mol. The topological polar surface area (TPSA) is 24.6 Å². The van der Waals surface area contributed by atoms with Gasteiger partial charge in [0.25, 0.3) is 13.1 Å². The van der Waals surface area contributed by atoms with Crippen molar-refractivity contribution < 1.29 is 5.11 Å². The Kier molecular flexibility index (Phi) is 4.08. The van der Waals surface area contributed by atoms with Gasteiger partial charge in [0, 0.05) is 5.92 Å². The van der Waals surface area contributed by atoms with Crippen LogP contribution in [0.5, 0.6) is 0 Å². The van der Waals surface area contributed by atoms with Crippen molar-refractivity contribution in [1.29, 1.82) is 0 Å². The second kappa shape index (κ2) is 4.34. The molecule has 0 radical (unpaired) electrons. The van der Waals surface area contributed by atoms with E-state index in [2.05, 4.69) is 4.85 Å². The largest absolute Gasteiger partial charge is 0.393 e. The van der Waals surface area contributed by atoms with Crippen LogP contribution in [0.4, 0.5) is 0 Å². The molecule has 0 aliphatic carbocycles. The number of aliphatic hydroxyl groups is 1. The Labute approximate surface area is 56.3 Å². The molecule has 0 saturated carbocycles. The highest BCUT2D eigenvalue weighted by Gasteiger charge is 2.08. The number of hydrogen-bond donors (Lipinski definition) is 1. The van der Waals surface area contributed by atoms with Gasteiger partial charge in [0.05, 0.1) is 6.10 Å². The standard InChI is InChI=1S/C7H14NO/c1-6(5-8-3)4-7(2)9/h3,6-7,9H,4-5H2,1-2H3/q+1/t6-,7-/m1/s1. The van der Waals surface area contributed by atoms with E-state index in [1.165, 1.54) is 0 Å². The molecule has 0 aliphatic heterocycles. The second-order valence-corrected chi connectivity index (χ2v) is 2.56. The first-order valence-electron chi connectivity index (χ1n) is 3.21. The summed E-state index contributed by atoms with van der Waals surface area (Å²) in [5.74, 6) is 0.398. The van der Waals surface area contributed by atoms with Crippen molar-refractivity contribution in [3.63, 3.8) is 0 Å². The fourth-order valence-corrected chi connectivity index (χ4v) is 0.837. The maximum absolute atomic E-state index is 8.87. The summed E-state index contributed by atoms with van der Waals surface area (Å²) in [6, 6.07) is 0. The SMILES string of the molecule is C#[N+]C[C@H](C)C[C@@H](C)O. The minimum Gasteiger partial charge on any atom is -0.393 e. The molecule has 0 aromatic heterocycles. The van der Waals surface area contributed by atoms with Gasteiger partial charge in [0.15, 0.2) is 0 Å². The summed E-state index contributed by atoms with van der Waals surface area (Å²) in [4.78, 5) is 3.48. The van der Waals surface area contributed by atoms with Crippen LogP contribution < -0.4 is 0 Å². The van der Waals surface area contributed by atoms with Gasteiger partial charge >= 0.3 is 0 Å². The van der Waals surface area contributed by atoms with Crippen molar-refractivity contribution in [2.75, 3.05) is 6.54 Å². The van der Waals surface area contributed by atoms with Gasteiger partial charge in [-0.2, -0.15) is 0 Å². The molecule has 0 fully saturated rings. The van der Waals surface area contributed by atoms with Gasteiger partial charge in [-0.1, -0.05) is 11.8 Å². The summed E-state index contributed by atoms with van der Waals surface area (Å²) < 4.78 is 0. The molecule has 2 nitrogen and oxygen atoms in total. The molecular formula is C7H14NO+. The van der Waals surface area contributed by atoms with E-state index in [9.17, 15) is 0 Å². The maximum Gasteiger partial charge on any atom is 0.265 e. The molecule has 1 N–H and O–H groups in total. The van der Waals surface area contributed by atoms with Crippen molar-refractivity contribution in [1.82, 2.24) is 0 Å². The fourth-order valence-electron chi connectivity index (χ4n) is 0.837. The molecule has 0 unspecified atom stereocenters. The average Bonchev–Trinajstić information content (AvgIpc) is 1.63. The van der Waals surface area contributed by atoms with Gasteiger partial charge in [-0.25, -0.2) is 0 Å². The lowest BCUT2D eigenvalue weighted by molar-refractivity contribution is 0.167. The molecule has 2 atom stereocenters. The van der Waals surface area contributed by atoms with E-state index in [0.29, 0.717) is 12.5 Å². The van der Waals surface area contributed by atoms with Crippen LogP contribution in [-0.4, -0.2) is 17.8 Å². The molecule has 2 heteroatoms. The minimum atomic E-state index is -0.234. The van der Waals surface area contributed by atoms with Gasteiger partial charge in [0.2, 0.25) is 0 Å². The molecule has 0 amide bonds. The minimum absolute atomic E-state index is 0.234. The summed E-state index contributed by atoms with van der Waals surface area (Å²) in [7, 11) is 0. The monoisotopic (exact) mass is 128 g/mol. The summed E-state index contributed by atoms with van der Waals surface area (Å²) in [6.45, 7) is 9.38. The normalized spacial score (nSPS) is 16.2. The van der Waals surface area contributed by atoms with Crippen LogP contribution in [0.15, 0.2) is 0 Å². The lowest BCUT2D eigenvalue weighted by Gasteiger charge is -2.04. The van der Waals surface area contributed by atoms with Crippen LogP contribution in [-0.2, 0) is 0 Å². The number of rotatable bonds is 3. The van der Waals surface area contributed by atoms with E-state index in [4.69, 9.17) is 11.7 Å². The second-order valence-electron chi connectivity index (χ2n) is 2.56. The molecule has 0 bridgehead atoms. The summed E-state index contributed by atoms with van der Waals surface area (Å²) in [5.41, 5.74) is 0. The predicted molar refractivity (Wildman–Crippen MR) is 38.6 cm³/mol. The summed E-state index contributed by atoms with van der Waals surface area (Å²) in [6.07, 6.45) is 0.544. The molecule has 52 valence electrons. The van der Waals surface area contributed by atoms with E-state index < -0.39 is 0 Å². The third kappa shape index (κ3) is 5.32. The van der Waals surface area contributed by atoms with E-state index in [1.807, 2.05) is 6.92 Å². The molecule has 0 aliphatic rings. The highest BCUT2D eigenvalue weighted by molar-refractivity contribution is 4.71. The third-order valence-corrected chi connectivity index (χ3v) is 1.16. The van der Waals surface area contributed by atoms with Crippen LogP contribution in [0.2, 0.25) is 0 Å². The van der Waals surface area contributed by atoms with Crippen molar-refractivity contribution >= 4 is 0 Å². The first-order chi connectivity index (χ1) is 4.16. The number of nitrogens with zero attached hydrogens (tertiary/aromatic N) is 1. The zero-order valence-electron chi connectivity index (χ0n) is 6.04. The van der Waals surface area contributed by atoms with Gasteiger partial charge in [0.1, 0.15) is 0 Å². The van der Waals surface area contributed by atoms with Gasteiger partial charge in [-0.3, -0.25) is 0 Å². The molecule has 0 spiro atoms. The number of hydrogen-bond acceptors (Lipinski definition) is 1. The van der Waals surface area contributed by atoms with E-state index in [-0.39, 0.29) is 6.10 Å². The Bertz CT molecular complexity index is 104. The van der Waals surface area contributed by atoms with Crippen molar-refractivity contribution in [2.45, 2.75) is 26.4 Å². The van der Waals surface area contributed by atoms with Crippen LogP contribution in [0.3, 0.4) is 0 Å². The maximum atomic E-state index is 8.87. The molecule has 9 heavy (non-hydrogen) atoms. The van der Waals surface area contributed by atoms with E-state index in [1.54, 1.807) is 6.92 Å². The molecule has 0 aromatic carbocycles. The molecule has 0 rings (SSSR count). The van der Waals surface area contributed by atoms with Crippen LogP contribution >= 0.6 is 0 Å². The fraction of sp³-hybridized carbons (Fsp3) is 0.857. The molecule has 0 heterocycles. The predicted octanol–water partition coefficient (Wildman–Crippen LogP) is 1.36. The Morgan fingerprint density at radius 2 is 2.11 bits per heavy atom. The van der Waals surface area contributed by atoms with Crippen LogP contribution in [0, 0.1) is 12.5 Å². The highest BCUT2D eigenvalue weighted by atomic mass is 16.3. The number of aliphatic hydroxyl groups excluding tert-OH is 1. The zero-order chi connectivity index (χ0) is 7.28.